The molecule has 0 spiro atoms. The van der Waals surface area contributed by atoms with Crippen LogP contribution >= 0.6 is 0 Å². The number of benzene rings is 2. The van der Waals surface area contributed by atoms with E-state index in [0.717, 1.165) is 23.6 Å². The summed E-state index contributed by atoms with van der Waals surface area (Å²) in [5.41, 5.74) is 2.42. The Bertz CT molecular complexity index is 901. The van der Waals surface area contributed by atoms with Crippen molar-refractivity contribution in [2.75, 3.05) is 19.5 Å². The number of methoxy groups -OCH3 is 2. The summed E-state index contributed by atoms with van der Waals surface area (Å²) < 4.78 is 12.2. The Morgan fingerprint density at radius 3 is 2.42 bits per heavy atom. The van der Waals surface area contributed by atoms with Crippen molar-refractivity contribution in [3.05, 3.63) is 65.9 Å². The first-order chi connectivity index (χ1) is 12.6. The molecule has 1 aromatic heterocycles. The lowest BCUT2D eigenvalue weighted by molar-refractivity contribution is 0.102. The minimum Gasteiger partial charge on any atom is -0.497 e. The number of nitrogens with one attached hydrogen (secondary N) is 1. The van der Waals surface area contributed by atoms with Crippen LogP contribution < -0.4 is 14.8 Å². The second kappa shape index (κ2) is 7.74. The van der Waals surface area contributed by atoms with Gasteiger partial charge in [-0.05, 0) is 48.9 Å². The number of carbonyl (C=O) groups excluding carboxylic acids is 1. The second-order valence-corrected chi connectivity index (χ2v) is 5.67. The molecule has 26 heavy (non-hydrogen) atoms. The number of aromatic nitrogens is 2. The van der Waals surface area contributed by atoms with Gasteiger partial charge in [-0.3, -0.25) is 4.79 Å². The SMILES string of the molecule is CCc1cc(NC(=O)c2cccc(OC)c2)nn1-c1ccc(OC)cc1. The van der Waals surface area contributed by atoms with Gasteiger partial charge in [-0.1, -0.05) is 13.0 Å². The van der Waals surface area contributed by atoms with Gasteiger partial charge in [0.2, 0.25) is 0 Å². The summed E-state index contributed by atoms with van der Waals surface area (Å²) in [6, 6.07) is 16.5. The maximum absolute atomic E-state index is 12.5. The van der Waals surface area contributed by atoms with Gasteiger partial charge in [0, 0.05) is 17.3 Å². The van der Waals surface area contributed by atoms with E-state index in [1.165, 1.54) is 0 Å². The Morgan fingerprint density at radius 1 is 1.04 bits per heavy atom. The van der Waals surface area contributed by atoms with Crippen molar-refractivity contribution in [1.82, 2.24) is 9.78 Å². The lowest BCUT2D eigenvalue weighted by Gasteiger charge is -2.07. The van der Waals surface area contributed by atoms with Crippen molar-refractivity contribution < 1.29 is 14.3 Å². The number of carbonyl (C=O) groups is 1. The van der Waals surface area contributed by atoms with Crippen molar-refractivity contribution in [3.63, 3.8) is 0 Å². The summed E-state index contributed by atoms with van der Waals surface area (Å²) in [5, 5.41) is 7.37. The molecule has 0 radical (unpaired) electrons. The maximum atomic E-state index is 12.5. The molecule has 2 aromatic carbocycles. The standard InChI is InChI=1S/C20H21N3O3/c1-4-15-13-19(21-20(24)14-6-5-7-18(12-14)26-3)22-23(15)16-8-10-17(25-2)11-9-16/h5-13H,4H2,1-3H3,(H,21,22,24). The normalized spacial score (nSPS) is 10.4. The molecular weight excluding hydrogens is 330 g/mol. The van der Waals surface area contributed by atoms with Crippen LogP contribution in [0.25, 0.3) is 5.69 Å². The zero-order valence-corrected chi connectivity index (χ0v) is 15.0. The average Bonchev–Trinajstić information content (AvgIpc) is 3.10. The van der Waals surface area contributed by atoms with Crippen LogP contribution in [0, 0.1) is 0 Å². The van der Waals surface area contributed by atoms with E-state index in [9.17, 15) is 4.79 Å². The summed E-state index contributed by atoms with van der Waals surface area (Å²) in [7, 11) is 3.20. The fourth-order valence-electron chi connectivity index (χ4n) is 2.63. The number of amides is 1. The third-order valence-corrected chi connectivity index (χ3v) is 4.04. The first-order valence-electron chi connectivity index (χ1n) is 8.33. The monoisotopic (exact) mass is 351 g/mol. The molecule has 1 N–H and O–H groups in total. The third kappa shape index (κ3) is 3.69. The molecule has 6 heteroatoms. The van der Waals surface area contributed by atoms with Crippen LogP contribution in [0.15, 0.2) is 54.6 Å². The molecular formula is C20H21N3O3. The summed E-state index contributed by atoms with van der Waals surface area (Å²) in [4.78, 5) is 12.5. The molecule has 3 aromatic rings. The van der Waals surface area contributed by atoms with E-state index in [4.69, 9.17) is 9.47 Å². The van der Waals surface area contributed by atoms with E-state index < -0.39 is 0 Å². The summed E-state index contributed by atoms with van der Waals surface area (Å²) >= 11 is 0. The van der Waals surface area contributed by atoms with E-state index >= 15 is 0 Å². The largest absolute Gasteiger partial charge is 0.497 e. The third-order valence-electron chi connectivity index (χ3n) is 4.04. The number of anilines is 1. The van der Waals surface area contributed by atoms with Gasteiger partial charge in [-0.25, -0.2) is 4.68 Å². The minimum absolute atomic E-state index is 0.231. The molecule has 134 valence electrons. The number of hydrogen-bond acceptors (Lipinski definition) is 4. The number of ether oxygens (including phenoxy) is 2. The number of rotatable bonds is 6. The highest BCUT2D eigenvalue weighted by atomic mass is 16.5. The minimum atomic E-state index is -0.231. The molecule has 3 rings (SSSR count). The molecule has 0 unspecified atom stereocenters. The Labute approximate surface area is 152 Å². The predicted molar refractivity (Wildman–Crippen MR) is 100 cm³/mol. The number of hydrogen-bond donors (Lipinski definition) is 1. The zero-order chi connectivity index (χ0) is 18.5. The fourth-order valence-corrected chi connectivity index (χ4v) is 2.63. The molecule has 0 aliphatic carbocycles. The van der Waals surface area contributed by atoms with Crippen LogP contribution in [-0.2, 0) is 6.42 Å². The van der Waals surface area contributed by atoms with Crippen LogP contribution in [0.4, 0.5) is 5.82 Å². The Balaban J connectivity index is 1.84. The van der Waals surface area contributed by atoms with Crippen LogP contribution in [-0.4, -0.2) is 29.9 Å². The molecule has 0 bridgehead atoms. The highest BCUT2D eigenvalue weighted by molar-refractivity contribution is 6.04. The van der Waals surface area contributed by atoms with E-state index in [1.807, 2.05) is 41.9 Å². The van der Waals surface area contributed by atoms with Crippen molar-refractivity contribution in [3.8, 4) is 17.2 Å². The lowest BCUT2D eigenvalue weighted by Crippen LogP contribution is -2.12. The summed E-state index contributed by atoms with van der Waals surface area (Å²) in [6.45, 7) is 2.05. The Kier molecular flexibility index (Phi) is 5.22. The van der Waals surface area contributed by atoms with E-state index in [0.29, 0.717) is 17.1 Å². The highest BCUT2D eigenvalue weighted by Gasteiger charge is 2.13. The number of nitrogens with zero attached hydrogens (tertiary/aromatic N) is 2. The molecule has 0 saturated carbocycles. The molecule has 6 nitrogen and oxygen atoms in total. The maximum Gasteiger partial charge on any atom is 0.256 e. The Hall–Kier alpha value is -3.28. The van der Waals surface area contributed by atoms with Gasteiger partial charge in [0.15, 0.2) is 5.82 Å². The van der Waals surface area contributed by atoms with Gasteiger partial charge in [0.05, 0.1) is 19.9 Å². The lowest BCUT2D eigenvalue weighted by atomic mass is 10.2. The van der Waals surface area contributed by atoms with Crippen LogP contribution in [0.1, 0.15) is 23.0 Å². The van der Waals surface area contributed by atoms with Gasteiger partial charge >= 0.3 is 0 Å². The second-order valence-electron chi connectivity index (χ2n) is 5.67. The average molecular weight is 351 g/mol. The van der Waals surface area contributed by atoms with Crippen LogP contribution in [0.5, 0.6) is 11.5 Å². The first-order valence-corrected chi connectivity index (χ1v) is 8.33. The van der Waals surface area contributed by atoms with Gasteiger partial charge in [0.25, 0.3) is 5.91 Å². The molecule has 0 fully saturated rings. The van der Waals surface area contributed by atoms with Gasteiger partial charge in [0.1, 0.15) is 11.5 Å². The summed E-state index contributed by atoms with van der Waals surface area (Å²) in [5.74, 6) is 1.69. The number of aryl methyl sites for hydroxylation is 1. The van der Waals surface area contributed by atoms with Crippen molar-refractivity contribution in [2.24, 2.45) is 0 Å². The first kappa shape index (κ1) is 17.5. The Morgan fingerprint density at radius 2 is 1.77 bits per heavy atom. The molecule has 0 saturated heterocycles. The highest BCUT2D eigenvalue weighted by Crippen LogP contribution is 2.20. The van der Waals surface area contributed by atoms with Crippen LogP contribution in [0.2, 0.25) is 0 Å². The molecule has 1 heterocycles. The topological polar surface area (TPSA) is 65.4 Å². The quantitative estimate of drug-likeness (QED) is 0.735. The smallest absolute Gasteiger partial charge is 0.256 e. The van der Waals surface area contributed by atoms with Gasteiger partial charge < -0.3 is 14.8 Å². The zero-order valence-electron chi connectivity index (χ0n) is 15.0. The molecule has 1 amide bonds. The molecule has 0 aliphatic rings. The van der Waals surface area contributed by atoms with Gasteiger partial charge in [-0.2, -0.15) is 0 Å². The summed E-state index contributed by atoms with van der Waals surface area (Å²) in [6.07, 6.45) is 0.786. The van der Waals surface area contributed by atoms with Gasteiger partial charge in [-0.15, -0.1) is 5.10 Å². The molecule has 0 atom stereocenters. The van der Waals surface area contributed by atoms with E-state index in [-0.39, 0.29) is 5.91 Å². The van der Waals surface area contributed by atoms with Crippen molar-refractivity contribution in [2.45, 2.75) is 13.3 Å². The van der Waals surface area contributed by atoms with Crippen LogP contribution in [0.3, 0.4) is 0 Å². The molecule has 0 aliphatic heterocycles. The van der Waals surface area contributed by atoms with Crippen molar-refractivity contribution in [1.29, 1.82) is 0 Å². The van der Waals surface area contributed by atoms with E-state index in [2.05, 4.69) is 10.4 Å². The fraction of sp³-hybridized carbons (Fsp3) is 0.200. The predicted octanol–water partition coefficient (Wildman–Crippen LogP) is 3.70. The van der Waals surface area contributed by atoms with Crippen molar-refractivity contribution >= 4 is 11.7 Å². The van der Waals surface area contributed by atoms with E-state index in [1.54, 1.807) is 38.5 Å².